The van der Waals surface area contributed by atoms with Crippen molar-refractivity contribution in [1.82, 2.24) is 4.90 Å². The molecule has 1 aromatic carbocycles. The summed E-state index contributed by atoms with van der Waals surface area (Å²) in [6.45, 7) is 2.54. The third kappa shape index (κ3) is 4.14. The molecule has 1 fully saturated rings. The topological polar surface area (TPSA) is 50.9 Å². The molecule has 0 bridgehead atoms. The van der Waals surface area contributed by atoms with Crippen molar-refractivity contribution in [1.29, 1.82) is 0 Å². The van der Waals surface area contributed by atoms with Gasteiger partial charge in [-0.25, -0.2) is 0 Å². The Kier molecular flexibility index (Phi) is 5.54. The van der Waals surface area contributed by atoms with E-state index < -0.39 is 0 Å². The van der Waals surface area contributed by atoms with Gasteiger partial charge >= 0.3 is 0 Å². The van der Waals surface area contributed by atoms with E-state index in [1.54, 1.807) is 7.11 Å². The maximum atomic E-state index is 6.04. The molecule has 1 aliphatic rings. The highest BCUT2D eigenvalue weighted by Gasteiger charge is 2.14. The Morgan fingerprint density at radius 3 is 2.68 bits per heavy atom. The van der Waals surface area contributed by atoms with E-state index in [4.69, 9.17) is 10.5 Å². The summed E-state index contributed by atoms with van der Waals surface area (Å²) in [5, 5.41) is 0. The molecule has 0 radical (unpaired) electrons. The molecule has 0 amide bonds. The SMILES string of the molecule is COC(CN=C(N)N1CCSCC1)c1ccccc1. The van der Waals surface area contributed by atoms with Gasteiger partial charge < -0.3 is 15.4 Å². The Bertz CT molecular complexity index is 404. The number of nitrogens with zero attached hydrogens (tertiary/aromatic N) is 2. The Hall–Kier alpha value is -1.20. The lowest BCUT2D eigenvalue weighted by Gasteiger charge is -2.27. The molecule has 1 heterocycles. The summed E-state index contributed by atoms with van der Waals surface area (Å²) < 4.78 is 5.49. The van der Waals surface area contributed by atoms with Gasteiger partial charge in [0.15, 0.2) is 5.96 Å². The molecular formula is C14H21N3OS. The normalized spacial score (nSPS) is 18.4. The number of methoxy groups -OCH3 is 1. The average molecular weight is 279 g/mol. The monoisotopic (exact) mass is 279 g/mol. The van der Waals surface area contributed by atoms with Crippen LogP contribution in [0, 0.1) is 0 Å². The van der Waals surface area contributed by atoms with E-state index in [-0.39, 0.29) is 6.10 Å². The van der Waals surface area contributed by atoms with Gasteiger partial charge in [-0.2, -0.15) is 11.8 Å². The zero-order valence-corrected chi connectivity index (χ0v) is 12.1. The van der Waals surface area contributed by atoms with E-state index in [2.05, 4.69) is 22.0 Å². The first-order chi connectivity index (χ1) is 9.31. The molecule has 19 heavy (non-hydrogen) atoms. The molecule has 1 aromatic rings. The summed E-state index contributed by atoms with van der Waals surface area (Å²) >= 11 is 1.96. The molecule has 1 atom stereocenters. The van der Waals surface area contributed by atoms with Gasteiger partial charge in [0.1, 0.15) is 6.10 Å². The van der Waals surface area contributed by atoms with E-state index in [1.165, 1.54) is 0 Å². The standard InChI is InChI=1S/C14H21N3OS/c1-18-13(12-5-3-2-4-6-12)11-16-14(15)17-7-9-19-10-8-17/h2-6,13H,7-11H2,1H3,(H2,15,16). The first-order valence-electron chi connectivity index (χ1n) is 6.51. The number of nitrogens with two attached hydrogens (primary N) is 1. The highest BCUT2D eigenvalue weighted by molar-refractivity contribution is 7.99. The lowest BCUT2D eigenvalue weighted by Crippen LogP contribution is -2.42. The fourth-order valence-corrected chi connectivity index (χ4v) is 2.96. The first-order valence-corrected chi connectivity index (χ1v) is 7.67. The summed E-state index contributed by atoms with van der Waals surface area (Å²) in [4.78, 5) is 6.63. The van der Waals surface area contributed by atoms with Crippen LogP contribution in [-0.4, -0.2) is 49.1 Å². The van der Waals surface area contributed by atoms with Crippen LogP contribution in [0.5, 0.6) is 0 Å². The van der Waals surface area contributed by atoms with Crippen molar-refractivity contribution >= 4 is 17.7 Å². The molecule has 0 aromatic heterocycles. The predicted octanol–water partition coefficient (Wildman–Crippen LogP) is 1.74. The third-order valence-electron chi connectivity index (χ3n) is 3.21. The van der Waals surface area contributed by atoms with Crippen molar-refractivity contribution in [2.24, 2.45) is 10.7 Å². The molecule has 2 N–H and O–H groups in total. The van der Waals surface area contributed by atoms with Crippen LogP contribution in [-0.2, 0) is 4.74 Å². The van der Waals surface area contributed by atoms with Gasteiger partial charge in [-0.15, -0.1) is 0 Å². The Balaban J connectivity index is 1.95. The van der Waals surface area contributed by atoms with Crippen molar-refractivity contribution in [2.75, 3.05) is 38.2 Å². The van der Waals surface area contributed by atoms with Gasteiger partial charge in [0.25, 0.3) is 0 Å². The average Bonchev–Trinajstić information content (AvgIpc) is 2.49. The summed E-state index contributed by atoms with van der Waals surface area (Å²) in [6.07, 6.45) is -0.0288. The van der Waals surface area contributed by atoms with Gasteiger partial charge in [-0.05, 0) is 5.56 Å². The highest BCUT2D eigenvalue weighted by Crippen LogP contribution is 2.16. The zero-order valence-electron chi connectivity index (χ0n) is 11.3. The highest BCUT2D eigenvalue weighted by atomic mass is 32.2. The first kappa shape index (κ1) is 14.2. The van der Waals surface area contributed by atoms with E-state index in [1.807, 2.05) is 30.0 Å². The molecule has 5 heteroatoms. The van der Waals surface area contributed by atoms with Gasteiger partial charge in [0, 0.05) is 31.7 Å². The maximum absolute atomic E-state index is 6.04. The molecule has 0 spiro atoms. The van der Waals surface area contributed by atoms with Crippen LogP contribution < -0.4 is 5.73 Å². The molecule has 0 aliphatic carbocycles. The van der Waals surface area contributed by atoms with Gasteiger partial charge in [-0.3, -0.25) is 4.99 Å². The van der Waals surface area contributed by atoms with Crippen molar-refractivity contribution < 1.29 is 4.74 Å². The second-order valence-electron chi connectivity index (χ2n) is 4.43. The van der Waals surface area contributed by atoms with Crippen LogP contribution in [0.2, 0.25) is 0 Å². The van der Waals surface area contributed by atoms with Gasteiger partial charge in [0.2, 0.25) is 0 Å². The number of aliphatic imine (C=N–C) groups is 1. The van der Waals surface area contributed by atoms with E-state index in [0.717, 1.165) is 30.2 Å². The third-order valence-corrected chi connectivity index (χ3v) is 4.15. The smallest absolute Gasteiger partial charge is 0.191 e. The van der Waals surface area contributed by atoms with Crippen molar-refractivity contribution in [3.63, 3.8) is 0 Å². The lowest BCUT2D eigenvalue weighted by molar-refractivity contribution is 0.110. The van der Waals surface area contributed by atoms with Crippen LogP contribution in [0.1, 0.15) is 11.7 Å². The van der Waals surface area contributed by atoms with Gasteiger partial charge in [0.05, 0.1) is 6.54 Å². The van der Waals surface area contributed by atoms with E-state index in [0.29, 0.717) is 12.5 Å². The Morgan fingerprint density at radius 1 is 1.37 bits per heavy atom. The number of guanidine groups is 1. The van der Waals surface area contributed by atoms with Crippen LogP contribution in [0.4, 0.5) is 0 Å². The quantitative estimate of drug-likeness (QED) is 0.674. The number of hydrogen-bond acceptors (Lipinski definition) is 3. The maximum Gasteiger partial charge on any atom is 0.191 e. The second-order valence-corrected chi connectivity index (χ2v) is 5.66. The Labute approximate surface area is 119 Å². The van der Waals surface area contributed by atoms with Crippen LogP contribution >= 0.6 is 11.8 Å². The van der Waals surface area contributed by atoms with Crippen molar-refractivity contribution in [3.8, 4) is 0 Å². The minimum Gasteiger partial charge on any atom is -0.375 e. The predicted molar refractivity (Wildman–Crippen MR) is 81.6 cm³/mol. The fraction of sp³-hybridized carbons (Fsp3) is 0.500. The number of thioether (sulfide) groups is 1. The summed E-state index contributed by atoms with van der Waals surface area (Å²) in [7, 11) is 1.71. The van der Waals surface area contributed by atoms with Crippen LogP contribution in [0.15, 0.2) is 35.3 Å². The minimum atomic E-state index is -0.0288. The molecule has 104 valence electrons. The van der Waals surface area contributed by atoms with Crippen molar-refractivity contribution in [3.05, 3.63) is 35.9 Å². The van der Waals surface area contributed by atoms with Crippen LogP contribution in [0.25, 0.3) is 0 Å². The number of ether oxygens (including phenoxy) is 1. The lowest BCUT2D eigenvalue weighted by atomic mass is 10.1. The summed E-state index contributed by atoms with van der Waals surface area (Å²) in [5.41, 5.74) is 7.18. The minimum absolute atomic E-state index is 0.0288. The molecule has 1 unspecified atom stereocenters. The second kappa shape index (κ2) is 7.40. The Morgan fingerprint density at radius 2 is 2.05 bits per heavy atom. The number of rotatable bonds is 4. The largest absolute Gasteiger partial charge is 0.375 e. The fourth-order valence-electron chi connectivity index (χ4n) is 2.05. The number of hydrogen-bond donors (Lipinski definition) is 1. The summed E-state index contributed by atoms with van der Waals surface area (Å²) in [5.74, 6) is 2.89. The van der Waals surface area contributed by atoms with E-state index >= 15 is 0 Å². The molecule has 2 rings (SSSR count). The van der Waals surface area contributed by atoms with Crippen LogP contribution in [0.3, 0.4) is 0 Å². The molecule has 1 saturated heterocycles. The number of benzene rings is 1. The molecule has 4 nitrogen and oxygen atoms in total. The zero-order chi connectivity index (χ0) is 13.5. The summed E-state index contributed by atoms with van der Waals surface area (Å²) in [6, 6.07) is 10.1. The molecule has 1 aliphatic heterocycles. The molecular weight excluding hydrogens is 258 g/mol. The van der Waals surface area contributed by atoms with Crippen molar-refractivity contribution in [2.45, 2.75) is 6.10 Å². The van der Waals surface area contributed by atoms with Gasteiger partial charge in [-0.1, -0.05) is 30.3 Å². The molecule has 0 saturated carbocycles. The van der Waals surface area contributed by atoms with E-state index in [9.17, 15) is 0 Å².